The van der Waals surface area contributed by atoms with Gasteiger partial charge in [0.25, 0.3) is 5.91 Å². The van der Waals surface area contributed by atoms with Crippen LogP contribution in [0.25, 0.3) is 0 Å². The summed E-state index contributed by atoms with van der Waals surface area (Å²) < 4.78 is 0.820. The summed E-state index contributed by atoms with van der Waals surface area (Å²) in [6, 6.07) is 3.44. The van der Waals surface area contributed by atoms with Gasteiger partial charge in [0.2, 0.25) is 5.91 Å². The van der Waals surface area contributed by atoms with Gasteiger partial charge in [0.05, 0.1) is 0 Å². The van der Waals surface area contributed by atoms with Crippen molar-refractivity contribution in [1.82, 2.24) is 14.8 Å². The van der Waals surface area contributed by atoms with E-state index in [1.54, 1.807) is 42.0 Å². The van der Waals surface area contributed by atoms with Gasteiger partial charge in [-0.2, -0.15) is 0 Å². The summed E-state index contributed by atoms with van der Waals surface area (Å²) in [4.78, 5) is 32.4. The number of pyridine rings is 1. The standard InChI is InChI=1S/C14H18BrN3O2/c1-4-17-7-8-18(14(2,3)13(17)20)12(19)11-6-5-10(15)9-16-11/h5-6,9H,4,7-8H2,1-3H3. The summed E-state index contributed by atoms with van der Waals surface area (Å²) in [5.74, 6) is -0.219. The van der Waals surface area contributed by atoms with E-state index in [9.17, 15) is 9.59 Å². The SMILES string of the molecule is CCN1CCN(C(=O)c2ccc(Br)cn2)C(C)(C)C1=O. The van der Waals surface area contributed by atoms with E-state index in [0.29, 0.717) is 25.3 Å². The quantitative estimate of drug-likeness (QED) is 0.827. The van der Waals surface area contributed by atoms with Crippen LogP contribution in [0.3, 0.4) is 0 Å². The highest BCUT2D eigenvalue weighted by Crippen LogP contribution is 2.24. The lowest BCUT2D eigenvalue weighted by Crippen LogP contribution is -2.64. The van der Waals surface area contributed by atoms with Gasteiger partial charge in [0.15, 0.2) is 0 Å². The maximum absolute atomic E-state index is 12.5. The Morgan fingerprint density at radius 3 is 2.65 bits per heavy atom. The van der Waals surface area contributed by atoms with Crippen molar-refractivity contribution >= 4 is 27.7 Å². The Kier molecular flexibility index (Phi) is 4.13. The van der Waals surface area contributed by atoms with Crippen molar-refractivity contribution in [2.75, 3.05) is 19.6 Å². The predicted molar refractivity (Wildman–Crippen MR) is 79.3 cm³/mol. The van der Waals surface area contributed by atoms with Crippen LogP contribution in [-0.4, -0.2) is 51.8 Å². The zero-order chi connectivity index (χ0) is 14.9. The second-order valence-corrected chi connectivity index (χ2v) is 6.18. The fourth-order valence-corrected chi connectivity index (χ4v) is 2.64. The van der Waals surface area contributed by atoms with Crippen LogP contribution in [0.15, 0.2) is 22.8 Å². The zero-order valence-corrected chi connectivity index (χ0v) is 13.5. The Balaban J connectivity index is 2.26. The normalized spacial score (nSPS) is 18.3. The molecule has 1 aromatic heterocycles. The molecule has 0 unspecified atom stereocenters. The molecule has 20 heavy (non-hydrogen) atoms. The molecule has 1 saturated heterocycles. The maximum Gasteiger partial charge on any atom is 0.273 e. The smallest absolute Gasteiger partial charge is 0.273 e. The number of aromatic nitrogens is 1. The molecule has 1 aliphatic rings. The molecule has 108 valence electrons. The summed E-state index contributed by atoms with van der Waals surface area (Å²) >= 11 is 3.29. The third kappa shape index (κ3) is 2.57. The molecule has 2 amide bonds. The van der Waals surface area contributed by atoms with Crippen molar-refractivity contribution in [2.45, 2.75) is 26.3 Å². The Morgan fingerprint density at radius 2 is 2.10 bits per heavy atom. The predicted octanol–water partition coefficient (Wildman–Crippen LogP) is 1.93. The number of hydrogen-bond donors (Lipinski definition) is 0. The minimum atomic E-state index is -0.833. The molecular weight excluding hydrogens is 322 g/mol. The van der Waals surface area contributed by atoms with Crippen LogP contribution in [-0.2, 0) is 4.79 Å². The number of hydrogen-bond acceptors (Lipinski definition) is 3. The van der Waals surface area contributed by atoms with Crippen molar-refractivity contribution in [3.8, 4) is 0 Å². The maximum atomic E-state index is 12.5. The Hall–Kier alpha value is -1.43. The second kappa shape index (κ2) is 5.52. The molecule has 0 saturated carbocycles. The van der Waals surface area contributed by atoms with E-state index in [4.69, 9.17) is 0 Å². The first-order chi connectivity index (χ1) is 9.37. The van der Waals surface area contributed by atoms with E-state index >= 15 is 0 Å². The van der Waals surface area contributed by atoms with E-state index in [-0.39, 0.29) is 11.8 Å². The fraction of sp³-hybridized carbons (Fsp3) is 0.500. The molecular formula is C14H18BrN3O2. The van der Waals surface area contributed by atoms with Crippen molar-refractivity contribution in [2.24, 2.45) is 0 Å². The van der Waals surface area contributed by atoms with Gasteiger partial charge >= 0.3 is 0 Å². The minimum absolute atomic E-state index is 0.0169. The highest BCUT2D eigenvalue weighted by Gasteiger charge is 2.44. The van der Waals surface area contributed by atoms with Gasteiger partial charge < -0.3 is 9.80 Å². The molecule has 5 nitrogen and oxygen atoms in total. The number of nitrogens with zero attached hydrogens (tertiary/aromatic N) is 3. The average molecular weight is 340 g/mol. The number of carbonyl (C=O) groups is 2. The second-order valence-electron chi connectivity index (χ2n) is 5.26. The van der Waals surface area contributed by atoms with Crippen LogP contribution in [0.4, 0.5) is 0 Å². The van der Waals surface area contributed by atoms with Crippen molar-refractivity contribution < 1.29 is 9.59 Å². The third-order valence-electron chi connectivity index (χ3n) is 3.65. The van der Waals surface area contributed by atoms with Crippen LogP contribution >= 0.6 is 15.9 Å². The van der Waals surface area contributed by atoms with Crippen molar-refractivity contribution in [3.63, 3.8) is 0 Å². The molecule has 1 aromatic rings. The topological polar surface area (TPSA) is 53.5 Å². The molecule has 0 N–H and O–H groups in total. The summed E-state index contributed by atoms with van der Waals surface area (Å²) in [7, 11) is 0. The number of carbonyl (C=O) groups excluding carboxylic acids is 2. The van der Waals surface area contributed by atoms with Gasteiger partial charge in [-0.05, 0) is 48.8 Å². The number of halogens is 1. The third-order valence-corrected chi connectivity index (χ3v) is 4.12. The van der Waals surface area contributed by atoms with Crippen LogP contribution in [0, 0.1) is 0 Å². The largest absolute Gasteiger partial charge is 0.339 e. The fourth-order valence-electron chi connectivity index (χ4n) is 2.40. The molecule has 0 spiro atoms. The Labute approximate surface area is 127 Å². The summed E-state index contributed by atoms with van der Waals surface area (Å²) in [6.45, 7) is 7.29. The lowest BCUT2D eigenvalue weighted by atomic mass is 9.97. The van der Waals surface area contributed by atoms with Gasteiger partial charge in [-0.1, -0.05) is 0 Å². The first-order valence-electron chi connectivity index (χ1n) is 6.61. The Morgan fingerprint density at radius 1 is 1.40 bits per heavy atom. The molecule has 0 radical (unpaired) electrons. The zero-order valence-electron chi connectivity index (χ0n) is 11.9. The first-order valence-corrected chi connectivity index (χ1v) is 7.40. The number of rotatable bonds is 2. The van der Waals surface area contributed by atoms with Crippen molar-refractivity contribution in [3.05, 3.63) is 28.5 Å². The monoisotopic (exact) mass is 339 g/mol. The lowest BCUT2D eigenvalue weighted by molar-refractivity contribution is -0.146. The first kappa shape index (κ1) is 15.0. The number of likely N-dealkylation sites (N-methyl/N-ethyl adjacent to an activating group) is 1. The summed E-state index contributed by atoms with van der Waals surface area (Å²) in [5.41, 5.74) is -0.473. The summed E-state index contributed by atoms with van der Waals surface area (Å²) in [5, 5.41) is 0. The molecule has 0 bridgehead atoms. The van der Waals surface area contributed by atoms with Gasteiger partial charge in [-0.25, -0.2) is 4.98 Å². The molecule has 0 atom stereocenters. The molecule has 0 aliphatic carbocycles. The van der Waals surface area contributed by atoms with E-state index < -0.39 is 5.54 Å². The van der Waals surface area contributed by atoms with E-state index in [1.807, 2.05) is 6.92 Å². The van der Waals surface area contributed by atoms with Crippen LogP contribution in [0.2, 0.25) is 0 Å². The molecule has 1 fully saturated rings. The molecule has 1 aliphatic heterocycles. The van der Waals surface area contributed by atoms with Crippen LogP contribution in [0.1, 0.15) is 31.3 Å². The minimum Gasteiger partial charge on any atom is -0.339 e. The molecule has 2 heterocycles. The highest BCUT2D eigenvalue weighted by molar-refractivity contribution is 9.10. The number of piperazine rings is 1. The van der Waals surface area contributed by atoms with E-state index in [2.05, 4.69) is 20.9 Å². The average Bonchev–Trinajstić information content (AvgIpc) is 2.42. The highest BCUT2D eigenvalue weighted by atomic mass is 79.9. The van der Waals surface area contributed by atoms with Gasteiger partial charge in [0.1, 0.15) is 11.2 Å². The molecule has 6 heteroatoms. The number of amides is 2. The van der Waals surface area contributed by atoms with E-state index in [1.165, 1.54) is 0 Å². The van der Waals surface area contributed by atoms with Gasteiger partial charge in [-0.3, -0.25) is 9.59 Å². The van der Waals surface area contributed by atoms with Gasteiger partial charge in [-0.15, -0.1) is 0 Å². The molecule has 2 rings (SSSR count). The van der Waals surface area contributed by atoms with Gasteiger partial charge in [0, 0.05) is 30.3 Å². The van der Waals surface area contributed by atoms with Crippen molar-refractivity contribution in [1.29, 1.82) is 0 Å². The van der Waals surface area contributed by atoms with Crippen LogP contribution in [0.5, 0.6) is 0 Å². The van der Waals surface area contributed by atoms with E-state index in [0.717, 1.165) is 4.47 Å². The summed E-state index contributed by atoms with van der Waals surface area (Å²) in [6.07, 6.45) is 1.59. The Bertz CT molecular complexity index is 528. The lowest BCUT2D eigenvalue weighted by Gasteiger charge is -2.45. The van der Waals surface area contributed by atoms with Crippen LogP contribution < -0.4 is 0 Å². The molecule has 0 aromatic carbocycles.